The van der Waals surface area contributed by atoms with Gasteiger partial charge in [-0.2, -0.15) is 13.2 Å². The number of pyridine rings is 1. The summed E-state index contributed by atoms with van der Waals surface area (Å²) in [6.07, 6.45) is -3.66. The van der Waals surface area contributed by atoms with Gasteiger partial charge in [-0.05, 0) is 91.2 Å². The number of amides is 6. The first-order valence-corrected chi connectivity index (χ1v) is 26.3. The van der Waals surface area contributed by atoms with E-state index in [0.717, 1.165) is 33.8 Å². The van der Waals surface area contributed by atoms with Crippen LogP contribution in [-0.2, 0) is 38.3 Å². The molecule has 0 aliphatic carbocycles. The number of halogens is 4. The molecule has 2 aromatic heterocycles. The smallest absolute Gasteiger partial charge is 0.417 e. The maximum absolute atomic E-state index is 14.2. The molecular weight excluding hydrogens is 1070 g/mol. The predicted octanol–water partition coefficient (Wildman–Crippen LogP) is 9.03. The van der Waals surface area contributed by atoms with Gasteiger partial charge in [0.2, 0.25) is 11.8 Å². The number of nitrogens with zero attached hydrogens (tertiary/aromatic N) is 4. The zero-order valence-corrected chi connectivity index (χ0v) is 44.5. The number of hydrogen-bond donors (Lipinski definition) is 5. The lowest BCUT2D eigenvalue weighted by molar-refractivity contribution is -0.141. The van der Waals surface area contributed by atoms with Crippen LogP contribution in [0.4, 0.5) is 29.3 Å². The minimum atomic E-state index is -4.69. The fourth-order valence-corrected chi connectivity index (χ4v) is 9.89. The molecule has 0 saturated carbocycles. The van der Waals surface area contributed by atoms with Crippen LogP contribution in [0.3, 0.4) is 0 Å². The summed E-state index contributed by atoms with van der Waals surface area (Å²) < 4.78 is 63.2. The molecule has 4 aromatic carbocycles. The van der Waals surface area contributed by atoms with E-state index in [-0.39, 0.29) is 76.3 Å². The molecule has 5 N–H and O–H groups in total. The van der Waals surface area contributed by atoms with Gasteiger partial charge in [-0.3, -0.25) is 24.2 Å². The van der Waals surface area contributed by atoms with Gasteiger partial charge in [0.05, 0.1) is 59.2 Å². The van der Waals surface area contributed by atoms with Crippen LogP contribution in [0.25, 0.3) is 10.4 Å². The van der Waals surface area contributed by atoms with Crippen molar-refractivity contribution in [2.45, 2.75) is 64.1 Å². The molecule has 4 heterocycles. The number of aliphatic hydroxyl groups is 1. The number of β-amino-alcohol motifs (C(OH)–C–C–N with tert-alkyl or cyclic N) is 1. The number of aromatic nitrogens is 2. The van der Waals surface area contributed by atoms with E-state index < -0.39 is 58.7 Å². The number of alkyl halides is 3. The van der Waals surface area contributed by atoms with Gasteiger partial charge in [-0.15, -0.1) is 11.3 Å². The number of benzene rings is 4. The van der Waals surface area contributed by atoms with Gasteiger partial charge in [-0.1, -0.05) is 48.5 Å². The number of fused-ring (bicyclic) bond motifs is 1. The Morgan fingerprint density at radius 2 is 1.63 bits per heavy atom. The zero-order valence-electron chi connectivity index (χ0n) is 42.9. The van der Waals surface area contributed by atoms with E-state index in [1.54, 1.807) is 42.8 Å². The van der Waals surface area contributed by atoms with E-state index >= 15 is 0 Å². The number of thiazole rings is 1. The monoisotopic (exact) mass is 1120 g/mol. The largest absolute Gasteiger partial charge is 0.493 e. The van der Waals surface area contributed by atoms with Crippen LogP contribution >= 0.6 is 22.9 Å². The van der Waals surface area contributed by atoms with Crippen LogP contribution in [-0.4, -0.2) is 119 Å². The standard InChI is InChI=1S/C56H56ClF3N8O10S/c1-33(2)49(68-30-37-7-4-5-8-43(37)53(68)72)54(73)67-31-40(69)27-47(67)52(71)63-29-36-10-9-35(50-34(3)64-32-79-50)25-48(36)77-21-6-20-75-23-24-76-22-19-62-51(70)46-28-42(17-18-61-46)78-41-14-11-38(12-15-41)65-55(74)66-39-13-16-45(57)44(26-39)56(58,59)60/h4-5,7-18,25-26,28,32,40,47,49,69H,1,6,19-24,27,29-31H2,2-3H3,(H,62,70)(H,63,71)(H2,65,66,74)/t40-,47+,49+/m1/s1. The van der Waals surface area contributed by atoms with Crippen molar-refractivity contribution < 1.29 is 61.2 Å². The van der Waals surface area contributed by atoms with E-state index in [9.17, 15) is 42.3 Å². The van der Waals surface area contributed by atoms with Gasteiger partial charge in [0.25, 0.3) is 11.8 Å². The van der Waals surface area contributed by atoms with Gasteiger partial charge >= 0.3 is 12.2 Å². The molecule has 6 aromatic rings. The summed E-state index contributed by atoms with van der Waals surface area (Å²) >= 11 is 7.15. The highest BCUT2D eigenvalue weighted by Crippen LogP contribution is 2.37. The van der Waals surface area contributed by atoms with Crippen LogP contribution in [0, 0.1) is 6.92 Å². The Balaban J connectivity index is 0.741. The van der Waals surface area contributed by atoms with Crippen LogP contribution in [0.15, 0.2) is 121 Å². The fraction of sp³-hybridized carbons (Fsp3) is 0.304. The third-order valence-electron chi connectivity index (χ3n) is 12.7. The van der Waals surface area contributed by atoms with E-state index in [0.29, 0.717) is 52.7 Å². The molecule has 6 amide bonds. The Kier molecular flexibility index (Phi) is 19.0. The first-order valence-electron chi connectivity index (χ1n) is 25.0. The lowest BCUT2D eigenvalue weighted by atomic mass is 10.1. The Morgan fingerprint density at radius 3 is 2.37 bits per heavy atom. The number of ether oxygens (including phenoxy) is 4. The Morgan fingerprint density at radius 1 is 0.886 bits per heavy atom. The number of aliphatic hydroxyl groups excluding tert-OH is 1. The lowest BCUT2D eigenvalue weighted by Gasteiger charge is -2.33. The number of likely N-dealkylation sites (tertiary alicyclic amines) is 1. The summed E-state index contributed by atoms with van der Waals surface area (Å²) in [5.41, 5.74) is 5.22. The third kappa shape index (κ3) is 14.8. The molecule has 8 rings (SSSR count). The van der Waals surface area contributed by atoms with Crippen LogP contribution in [0.1, 0.15) is 63.0 Å². The van der Waals surface area contributed by atoms with Gasteiger partial charge in [0.1, 0.15) is 35.0 Å². The molecular formula is C56H56ClF3N8O10S. The second kappa shape index (κ2) is 26.2. The summed E-state index contributed by atoms with van der Waals surface area (Å²) in [6.45, 7) is 9.44. The average molecular weight is 1130 g/mol. The molecule has 414 valence electrons. The second-order valence-electron chi connectivity index (χ2n) is 18.5. The Labute approximate surface area is 461 Å². The van der Waals surface area contributed by atoms with Crippen molar-refractivity contribution in [2.24, 2.45) is 0 Å². The van der Waals surface area contributed by atoms with Gasteiger partial charge in [-0.25, -0.2) is 9.78 Å². The minimum Gasteiger partial charge on any atom is -0.493 e. The van der Waals surface area contributed by atoms with E-state index in [1.165, 1.54) is 51.6 Å². The Hall–Kier alpha value is -7.89. The highest BCUT2D eigenvalue weighted by atomic mass is 35.5. The van der Waals surface area contributed by atoms with Crippen molar-refractivity contribution in [3.63, 3.8) is 0 Å². The third-order valence-corrected chi connectivity index (χ3v) is 14.0. The lowest BCUT2D eigenvalue weighted by Crippen LogP contribution is -2.54. The minimum absolute atomic E-state index is 0.0295. The zero-order chi connectivity index (χ0) is 56.2. The summed E-state index contributed by atoms with van der Waals surface area (Å²) in [4.78, 5) is 79.1. The first kappa shape index (κ1) is 57.3. The van der Waals surface area contributed by atoms with Crippen molar-refractivity contribution in [1.29, 1.82) is 0 Å². The molecule has 3 atom stereocenters. The predicted molar refractivity (Wildman–Crippen MR) is 289 cm³/mol. The van der Waals surface area contributed by atoms with Crippen LogP contribution < -0.4 is 30.7 Å². The number of nitrogens with one attached hydrogen (secondary N) is 4. The normalized spacial score (nSPS) is 15.3. The van der Waals surface area contributed by atoms with Gasteiger partial charge in [0, 0.05) is 80.4 Å². The molecule has 0 radical (unpaired) electrons. The average Bonchev–Trinajstić information content (AvgIpc) is 4.37. The molecule has 18 nitrogen and oxygen atoms in total. The first-order chi connectivity index (χ1) is 37.9. The molecule has 23 heteroatoms. The number of carbonyl (C=O) groups is 5. The van der Waals surface area contributed by atoms with Crippen molar-refractivity contribution in [3.05, 3.63) is 160 Å². The number of anilines is 2. The second-order valence-corrected chi connectivity index (χ2v) is 19.8. The van der Waals surface area contributed by atoms with Crippen molar-refractivity contribution >= 4 is 64.0 Å². The summed E-state index contributed by atoms with van der Waals surface area (Å²) in [5, 5.41) is 20.8. The molecule has 1 fully saturated rings. The van der Waals surface area contributed by atoms with Crippen molar-refractivity contribution in [1.82, 2.24) is 30.4 Å². The fourth-order valence-electron chi connectivity index (χ4n) is 8.86. The Bertz CT molecular complexity index is 3200. The van der Waals surface area contributed by atoms with E-state index in [1.807, 2.05) is 37.3 Å². The van der Waals surface area contributed by atoms with E-state index in [2.05, 4.69) is 37.8 Å². The number of hydrogen-bond acceptors (Lipinski definition) is 13. The molecule has 79 heavy (non-hydrogen) atoms. The van der Waals surface area contributed by atoms with Crippen LogP contribution in [0.2, 0.25) is 5.02 Å². The maximum Gasteiger partial charge on any atom is 0.417 e. The van der Waals surface area contributed by atoms with Crippen molar-refractivity contribution in [2.75, 3.05) is 56.8 Å². The van der Waals surface area contributed by atoms with Gasteiger partial charge in [0.15, 0.2) is 0 Å². The molecule has 2 aliphatic rings. The summed E-state index contributed by atoms with van der Waals surface area (Å²) in [6, 6.07) is 22.3. The highest BCUT2D eigenvalue weighted by molar-refractivity contribution is 7.13. The van der Waals surface area contributed by atoms with Crippen LogP contribution in [0.5, 0.6) is 17.2 Å². The SMILES string of the molecule is C=C(C)[C@@H](C(=O)N1C[C@H](O)C[C@H]1C(=O)NCc1ccc(-c2scnc2C)cc1OCCCOCCOCCNC(=O)c1cc(Oc2ccc(NC(=O)Nc3ccc(Cl)c(C(F)(F)F)c3)cc2)ccn1)N1Cc2ccccc2C1=O. The number of carbonyl (C=O) groups excluding carboxylic acids is 5. The summed E-state index contributed by atoms with van der Waals surface area (Å²) in [5.74, 6) is -0.467. The molecule has 0 unspecified atom stereocenters. The van der Waals surface area contributed by atoms with Gasteiger partial charge < -0.3 is 55.1 Å². The quantitative estimate of drug-likeness (QED) is 0.0300. The van der Waals surface area contributed by atoms with Crippen molar-refractivity contribution in [3.8, 4) is 27.7 Å². The maximum atomic E-state index is 14.2. The molecule has 1 saturated heterocycles. The number of urea groups is 1. The molecule has 2 aliphatic heterocycles. The summed E-state index contributed by atoms with van der Waals surface area (Å²) in [7, 11) is 0. The number of rotatable bonds is 23. The number of aryl methyl sites for hydroxylation is 1. The van der Waals surface area contributed by atoms with E-state index in [4.69, 9.17) is 30.5 Å². The molecule has 0 spiro atoms. The topological polar surface area (TPSA) is 223 Å². The highest BCUT2D eigenvalue weighted by Gasteiger charge is 2.45. The molecule has 0 bridgehead atoms.